The molecule has 3 rings (SSSR count). The Bertz CT molecular complexity index is 577. The highest BCUT2D eigenvalue weighted by molar-refractivity contribution is 5.72. The summed E-state index contributed by atoms with van der Waals surface area (Å²) in [6.07, 6.45) is 3.04. The van der Waals surface area contributed by atoms with Gasteiger partial charge >= 0.3 is 5.76 Å². The fourth-order valence-electron chi connectivity index (χ4n) is 2.11. The van der Waals surface area contributed by atoms with Crippen molar-refractivity contribution in [2.45, 2.75) is 19.3 Å². The first-order chi connectivity index (χ1) is 7.71. The van der Waals surface area contributed by atoms with E-state index in [0.717, 1.165) is 30.3 Å². The number of benzene rings is 1. The lowest BCUT2D eigenvalue weighted by molar-refractivity contribution is 0.211. The first-order valence-electron chi connectivity index (χ1n) is 5.43. The Balaban J connectivity index is 1.95. The highest BCUT2D eigenvalue weighted by atomic mass is 16.4. The van der Waals surface area contributed by atoms with E-state index in [2.05, 4.69) is 4.98 Å². The molecule has 0 saturated heterocycles. The van der Waals surface area contributed by atoms with E-state index in [9.17, 15) is 9.90 Å². The summed E-state index contributed by atoms with van der Waals surface area (Å²) in [6.45, 7) is 0.243. The minimum Gasteiger partial charge on any atom is -0.408 e. The molecule has 1 aliphatic carbocycles. The van der Waals surface area contributed by atoms with E-state index >= 15 is 0 Å². The van der Waals surface area contributed by atoms with Gasteiger partial charge in [-0.15, -0.1) is 0 Å². The Morgan fingerprint density at radius 1 is 1.44 bits per heavy atom. The average molecular weight is 219 g/mol. The van der Waals surface area contributed by atoms with Gasteiger partial charge in [-0.05, 0) is 42.4 Å². The molecular formula is C12H13NO3. The fourth-order valence-corrected chi connectivity index (χ4v) is 2.11. The third-order valence-corrected chi connectivity index (χ3v) is 3.36. The van der Waals surface area contributed by atoms with Crippen molar-refractivity contribution in [1.82, 2.24) is 4.98 Å². The zero-order valence-corrected chi connectivity index (χ0v) is 8.82. The van der Waals surface area contributed by atoms with Crippen molar-refractivity contribution in [3.05, 3.63) is 34.3 Å². The monoisotopic (exact) mass is 219 g/mol. The molecule has 0 amide bonds. The summed E-state index contributed by atoms with van der Waals surface area (Å²) in [5.74, 6) is -0.421. The molecule has 1 aliphatic rings. The molecule has 1 aromatic heterocycles. The van der Waals surface area contributed by atoms with Gasteiger partial charge < -0.3 is 9.52 Å². The molecule has 2 N–H and O–H groups in total. The van der Waals surface area contributed by atoms with Crippen molar-refractivity contribution in [2.75, 3.05) is 6.61 Å². The van der Waals surface area contributed by atoms with Gasteiger partial charge in [0.25, 0.3) is 0 Å². The van der Waals surface area contributed by atoms with Crippen LogP contribution in [0.1, 0.15) is 18.4 Å². The summed E-state index contributed by atoms with van der Waals surface area (Å²) >= 11 is 0. The minimum atomic E-state index is -0.421. The molecule has 4 nitrogen and oxygen atoms in total. The number of nitrogens with one attached hydrogen (secondary N) is 1. The van der Waals surface area contributed by atoms with Crippen molar-refractivity contribution in [3.63, 3.8) is 0 Å². The molecule has 1 heterocycles. The maximum absolute atomic E-state index is 11.0. The van der Waals surface area contributed by atoms with Crippen molar-refractivity contribution >= 4 is 11.1 Å². The smallest absolute Gasteiger partial charge is 0.408 e. The van der Waals surface area contributed by atoms with Gasteiger partial charge in [0, 0.05) is 6.61 Å². The van der Waals surface area contributed by atoms with Crippen LogP contribution in [-0.2, 0) is 6.42 Å². The van der Waals surface area contributed by atoms with Crippen LogP contribution in [-0.4, -0.2) is 16.7 Å². The van der Waals surface area contributed by atoms with Gasteiger partial charge in [0.1, 0.15) is 0 Å². The number of aromatic nitrogens is 1. The molecule has 84 valence electrons. The number of aliphatic hydroxyl groups excluding tert-OH is 1. The first kappa shape index (κ1) is 9.66. The van der Waals surface area contributed by atoms with Crippen LogP contribution in [0.2, 0.25) is 0 Å². The van der Waals surface area contributed by atoms with Crippen molar-refractivity contribution in [2.24, 2.45) is 5.41 Å². The fraction of sp³-hybridized carbons (Fsp3) is 0.417. The summed E-state index contributed by atoms with van der Waals surface area (Å²) in [5, 5.41) is 9.26. The maximum atomic E-state index is 11.0. The van der Waals surface area contributed by atoms with Crippen LogP contribution in [0.3, 0.4) is 0 Å². The molecule has 4 heteroatoms. The predicted molar refractivity (Wildman–Crippen MR) is 59.3 cm³/mol. The highest BCUT2D eigenvalue weighted by Crippen LogP contribution is 2.47. The summed E-state index contributed by atoms with van der Waals surface area (Å²) in [4.78, 5) is 13.6. The second-order valence-corrected chi connectivity index (χ2v) is 4.68. The second kappa shape index (κ2) is 3.22. The first-order valence-corrected chi connectivity index (χ1v) is 5.43. The SMILES string of the molecule is O=c1[nH]c2cc(CC3(CO)CC3)ccc2o1. The highest BCUT2D eigenvalue weighted by Gasteiger charge is 2.41. The van der Waals surface area contributed by atoms with E-state index in [1.807, 2.05) is 12.1 Å². The standard InChI is InChI=1S/C12H13NO3/c14-7-12(3-4-12)6-8-1-2-10-9(5-8)13-11(15)16-10/h1-2,5,14H,3-4,6-7H2,(H,13,15). The zero-order valence-electron chi connectivity index (χ0n) is 8.82. The lowest BCUT2D eigenvalue weighted by Crippen LogP contribution is -2.09. The summed E-state index contributed by atoms with van der Waals surface area (Å²) in [7, 11) is 0. The van der Waals surface area contributed by atoms with Crippen LogP contribution in [0.25, 0.3) is 11.1 Å². The van der Waals surface area contributed by atoms with Crippen LogP contribution >= 0.6 is 0 Å². The quantitative estimate of drug-likeness (QED) is 0.820. The zero-order chi connectivity index (χ0) is 11.2. The predicted octanol–water partition coefficient (Wildman–Crippen LogP) is 1.44. The number of aromatic amines is 1. The lowest BCUT2D eigenvalue weighted by Gasteiger charge is -2.10. The van der Waals surface area contributed by atoms with Gasteiger partial charge in [-0.2, -0.15) is 0 Å². The van der Waals surface area contributed by atoms with Crippen molar-refractivity contribution in [3.8, 4) is 0 Å². The van der Waals surface area contributed by atoms with Crippen molar-refractivity contribution in [1.29, 1.82) is 0 Å². The van der Waals surface area contributed by atoms with E-state index in [4.69, 9.17) is 4.42 Å². The third kappa shape index (κ3) is 1.55. The lowest BCUT2D eigenvalue weighted by atomic mass is 9.97. The van der Waals surface area contributed by atoms with Gasteiger partial charge in [-0.1, -0.05) is 6.07 Å². The second-order valence-electron chi connectivity index (χ2n) is 4.68. The summed E-state index contributed by atoms with van der Waals surface area (Å²) < 4.78 is 4.93. The Labute approximate surface area is 91.9 Å². The average Bonchev–Trinajstić information content (AvgIpc) is 2.93. The van der Waals surface area contributed by atoms with Crippen LogP contribution in [0.4, 0.5) is 0 Å². The van der Waals surface area contributed by atoms with Crippen LogP contribution in [0.15, 0.2) is 27.4 Å². The van der Waals surface area contributed by atoms with Crippen molar-refractivity contribution < 1.29 is 9.52 Å². The molecule has 0 aliphatic heterocycles. The Kier molecular flexibility index (Phi) is 1.94. The molecule has 1 aromatic carbocycles. The van der Waals surface area contributed by atoms with E-state index in [1.165, 1.54) is 0 Å². The summed E-state index contributed by atoms with van der Waals surface area (Å²) in [5.41, 5.74) is 2.55. The Hall–Kier alpha value is -1.55. The molecule has 0 bridgehead atoms. The number of hydrogen-bond acceptors (Lipinski definition) is 3. The van der Waals surface area contributed by atoms with Gasteiger partial charge in [-0.25, -0.2) is 4.79 Å². The molecular weight excluding hydrogens is 206 g/mol. The topological polar surface area (TPSA) is 66.2 Å². The number of rotatable bonds is 3. The van der Waals surface area contributed by atoms with Gasteiger partial charge in [0.05, 0.1) is 5.52 Å². The van der Waals surface area contributed by atoms with E-state index in [0.29, 0.717) is 5.58 Å². The number of H-pyrrole nitrogens is 1. The normalized spacial score (nSPS) is 17.8. The number of oxazole rings is 1. The number of fused-ring (bicyclic) bond motifs is 1. The Morgan fingerprint density at radius 3 is 2.94 bits per heavy atom. The van der Waals surface area contributed by atoms with E-state index in [-0.39, 0.29) is 12.0 Å². The molecule has 0 spiro atoms. The van der Waals surface area contributed by atoms with Gasteiger partial charge in [-0.3, -0.25) is 4.98 Å². The van der Waals surface area contributed by atoms with Crippen LogP contribution in [0.5, 0.6) is 0 Å². The molecule has 2 aromatic rings. The third-order valence-electron chi connectivity index (χ3n) is 3.36. The molecule has 0 radical (unpaired) electrons. The van der Waals surface area contributed by atoms with Crippen LogP contribution in [0, 0.1) is 5.41 Å². The number of hydrogen-bond donors (Lipinski definition) is 2. The Morgan fingerprint density at radius 2 is 2.25 bits per heavy atom. The largest absolute Gasteiger partial charge is 0.417 e. The maximum Gasteiger partial charge on any atom is 0.417 e. The van der Waals surface area contributed by atoms with E-state index < -0.39 is 5.76 Å². The molecule has 16 heavy (non-hydrogen) atoms. The van der Waals surface area contributed by atoms with E-state index in [1.54, 1.807) is 6.07 Å². The summed E-state index contributed by atoms with van der Waals surface area (Å²) in [6, 6.07) is 5.68. The number of aliphatic hydroxyl groups is 1. The van der Waals surface area contributed by atoms with Gasteiger partial charge in [0.15, 0.2) is 5.58 Å². The van der Waals surface area contributed by atoms with Crippen LogP contribution < -0.4 is 5.76 Å². The molecule has 0 atom stereocenters. The molecule has 0 unspecified atom stereocenters. The molecule has 1 saturated carbocycles. The minimum absolute atomic E-state index is 0.0949. The molecule has 1 fully saturated rings. The van der Waals surface area contributed by atoms with Gasteiger partial charge in [0.2, 0.25) is 0 Å².